The molecular formula is C20H21F3N4O. The fourth-order valence-electron chi connectivity index (χ4n) is 3.52. The van der Waals surface area contributed by atoms with Crippen LogP contribution >= 0.6 is 0 Å². The molecule has 1 atom stereocenters. The van der Waals surface area contributed by atoms with Crippen LogP contribution in [-0.2, 0) is 0 Å². The van der Waals surface area contributed by atoms with E-state index in [4.69, 9.17) is 5.53 Å². The molecular weight excluding hydrogens is 369 g/mol. The van der Waals surface area contributed by atoms with Gasteiger partial charge in [0.25, 0.3) is 0 Å². The zero-order chi connectivity index (χ0) is 20.1. The quantitative estimate of drug-likeness (QED) is 0.340. The Hall–Kier alpha value is -2.86. The zero-order valence-electron chi connectivity index (χ0n) is 15.4. The molecule has 1 unspecified atom stereocenters. The lowest BCUT2D eigenvalue weighted by Crippen LogP contribution is -2.32. The van der Waals surface area contributed by atoms with E-state index in [0.717, 1.165) is 42.7 Å². The molecule has 1 fully saturated rings. The molecule has 0 radical (unpaired) electrons. The molecule has 5 nitrogen and oxygen atoms in total. The number of nitrogens with zero attached hydrogens (tertiary/aromatic N) is 4. The summed E-state index contributed by atoms with van der Waals surface area (Å²) in [6.07, 6.45) is -2.81. The summed E-state index contributed by atoms with van der Waals surface area (Å²) in [5.41, 5.74) is 11.7. The largest absolute Gasteiger partial charge is 0.573 e. The highest BCUT2D eigenvalue weighted by Gasteiger charge is 2.31. The molecule has 1 aliphatic heterocycles. The number of hydrogen-bond donors (Lipinski definition) is 0. The number of azide groups is 1. The van der Waals surface area contributed by atoms with Crippen molar-refractivity contribution in [2.75, 3.05) is 18.0 Å². The Kier molecular flexibility index (Phi) is 5.99. The molecule has 0 aliphatic carbocycles. The van der Waals surface area contributed by atoms with Crippen LogP contribution in [0.2, 0.25) is 0 Å². The average molecular weight is 390 g/mol. The summed E-state index contributed by atoms with van der Waals surface area (Å²) in [6, 6.07) is 14.0. The maximum atomic E-state index is 12.3. The lowest BCUT2D eigenvalue weighted by molar-refractivity contribution is -0.274. The fraction of sp³-hybridized carbons (Fsp3) is 0.400. The van der Waals surface area contributed by atoms with Crippen LogP contribution < -0.4 is 9.64 Å². The standard InChI is InChI=1S/C20H21F3N4O/c1-14(25-26-24)15-2-6-18(7-3-15)27-12-10-17(11-13-27)16-4-8-19(9-5-16)28-20(21,22)23/h2-9,14,17H,10-13H2,1H3. The second kappa shape index (κ2) is 8.44. The van der Waals surface area contributed by atoms with E-state index in [9.17, 15) is 13.2 Å². The van der Waals surface area contributed by atoms with E-state index in [1.807, 2.05) is 31.2 Å². The molecule has 1 aliphatic rings. The molecule has 1 saturated heterocycles. The summed E-state index contributed by atoms with van der Waals surface area (Å²) in [5.74, 6) is 0.129. The van der Waals surface area contributed by atoms with Gasteiger partial charge in [-0.2, -0.15) is 0 Å². The lowest BCUT2D eigenvalue weighted by atomic mass is 9.89. The number of rotatable bonds is 5. The second-order valence-electron chi connectivity index (χ2n) is 6.85. The minimum absolute atomic E-state index is 0.191. The Morgan fingerprint density at radius 1 is 1.07 bits per heavy atom. The van der Waals surface area contributed by atoms with Gasteiger partial charge in [0.2, 0.25) is 0 Å². The van der Waals surface area contributed by atoms with Crippen LogP contribution in [0.5, 0.6) is 5.75 Å². The molecule has 28 heavy (non-hydrogen) atoms. The third-order valence-electron chi connectivity index (χ3n) is 5.05. The average Bonchev–Trinajstić information content (AvgIpc) is 2.68. The predicted octanol–water partition coefficient (Wildman–Crippen LogP) is 6.34. The van der Waals surface area contributed by atoms with Crippen molar-refractivity contribution in [1.29, 1.82) is 0 Å². The molecule has 1 heterocycles. The minimum atomic E-state index is -4.67. The molecule has 0 aromatic heterocycles. The van der Waals surface area contributed by atoms with Crippen LogP contribution in [0.1, 0.15) is 42.9 Å². The molecule has 148 valence electrons. The minimum Gasteiger partial charge on any atom is -0.406 e. The maximum Gasteiger partial charge on any atom is 0.573 e. The van der Waals surface area contributed by atoms with Crippen molar-refractivity contribution >= 4 is 5.69 Å². The number of hydrogen-bond acceptors (Lipinski definition) is 3. The van der Waals surface area contributed by atoms with Gasteiger partial charge in [0, 0.05) is 23.7 Å². The van der Waals surface area contributed by atoms with Crippen molar-refractivity contribution in [3.8, 4) is 5.75 Å². The molecule has 0 spiro atoms. The summed E-state index contributed by atoms with van der Waals surface area (Å²) >= 11 is 0. The zero-order valence-corrected chi connectivity index (χ0v) is 15.4. The van der Waals surface area contributed by atoms with Crippen LogP contribution in [0.3, 0.4) is 0 Å². The number of halogens is 3. The van der Waals surface area contributed by atoms with Crippen molar-refractivity contribution in [2.45, 2.75) is 38.1 Å². The molecule has 0 saturated carbocycles. The number of anilines is 1. The van der Waals surface area contributed by atoms with E-state index in [0.29, 0.717) is 5.92 Å². The summed E-state index contributed by atoms with van der Waals surface area (Å²) in [5, 5.41) is 3.70. The molecule has 3 rings (SSSR count). The van der Waals surface area contributed by atoms with Crippen LogP contribution in [0.15, 0.2) is 53.6 Å². The Bertz CT molecular complexity index is 822. The second-order valence-corrected chi connectivity index (χ2v) is 6.85. The van der Waals surface area contributed by atoms with E-state index < -0.39 is 6.36 Å². The van der Waals surface area contributed by atoms with Gasteiger partial charge in [-0.25, -0.2) is 0 Å². The number of alkyl halides is 3. The third-order valence-corrected chi connectivity index (χ3v) is 5.05. The van der Waals surface area contributed by atoms with Crippen molar-refractivity contribution in [2.24, 2.45) is 5.11 Å². The van der Waals surface area contributed by atoms with Crippen molar-refractivity contribution < 1.29 is 17.9 Å². The van der Waals surface area contributed by atoms with Gasteiger partial charge < -0.3 is 9.64 Å². The van der Waals surface area contributed by atoms with E-state index in [2.05, 4.69) is 19.7 Å². The first-order valence-corrected chi connectivity index (χ1v) is 9.10. The van der Waals surface area contributed by atoms with Gasteiger partial charge >= 0.3 is 6.36 Å². The van der Waals surface area contributed by atoms with Gasteiger partial charge in [0.15, 0.2) is 0 Å². The first kappa shape index (κ1) is 19.9. The predicted molar refractivity (Wildman–Crippen MR) is 101 cm³/mol. The van der Waals surface area contributed by atoms with Crippen LogP contribution in [0.4, 0.5) is 18.9 Å². The summed E-state index contributed by atoms with van der Waals surface area (Å²) in [6.45, 7) is 3.60. The van der Waals surface area contributed by atoms with E-state index in [1.165, 1.54) is 12.1 Å². The van der Waals surface area contributed by atoms with Gasteiger partial charge in [-0.3, -0.25) is 0 Å². The number of benzene rings is 2. The number of ether oxygens (including phenoxy) is 1. The van der Waals surface area contributed by atoms with Gasteiger partial charge in [-0.05, 0) is 59.7 Å². The van der Waals surface area contributed by atoms with Gasteiger partial charge in [0.1, 0.15) is 5.75 Å². The van der Waals surface area contributed by atoms with Crippen molar-refractivity contribution in [3.63, 3.8) is 0 Å². The molecule has 2 aromatic rings. The Morgan fingerprint density at radius 2 is 1.68 bits per heavy atom. The van der Waals surface area contributed by atoms with Crippen LogP contribution in [0, 0.1) is 0 Å². The monoisotopic (exact) mass is 390 g/mol. The molecule has 0 amide bonds. The van der Waals surface area contributed by atoms with Crippen LogP contribution in [-0.4, -0.2) is 19.5 Å². The van der Waals surface area contributed by atoms with Gasteiger partial charge in [-0.1, -0.05) is 36.3 Å². The molecule has 0 bridgehead atoms. The Morgan fingerprint density at radius 3 is 2.21 bits per heavy atom. The smallest absolute Gasteiger partial charge is 0.406 e. The Balaban J connectivity index is 1.57. The number of piperidine rings is 1. The SMILES string of the molecule is CC(N=[N+]=[N-])c1ccc(N2CCC(c3ccc(OC(F)(F)F)cc3)CC2)cc1. The Labute approximate surface area is 161 Å². The van der Waals surface area contributed by atoms with Crippen molar-refractivity contribution in [3.05, 3.63) is 70.1 Å². The van der Waals surface area contributed by atoms with E-state index >= 15 is 0 Å². The van der Waals surface area contributed by atoms with Crippen molar-refractivity contribution in [1.82, 2.24) is 0 Å². The molecule has 0 N–H and O–H groups in total. The summed E-state index contributed by atoms with van der Waals surface area (Å²) in [4.78, 5) is 5.13. The van der Waals surface area contributed by atoms with E-state index in [-0.39, 0.29) is 11.8 Å². The van der Waals surface area contributed by atoms with Gasteiger partial charge in [-0.15, -0.1) is 13.2 Å². The third kappa shape index (κ3) is 5.10. The van der Waals surface area contributed by atoms with Gasteiger partial charge in [0.05, 0.1) is 6.04 Å². The fourth-order valence-corrected chi connectivity index (χ4v) is 3.52. The highest BCUT2D eigenvalue weighted by Crippen LogP contribution is 2.32. The molecule has 2 aromatic carbocycles. The van der Waals surface area contributed by atoms with E-state index in [1.54, 1.807) is 12.1 Å². The highest BCUT2D eigenvalue weighted by molar-refractivity contribution is 5.48. The summed E-state index contributed by atoms with van der Waals surface area (Å²) < 4.78 is 40.7. The highest BCUT2D eigenvalue weighted by atomic mass is 19.4. The van der Waals surface area contributed by atoms with Crippen LogP contribution in [0.25, 0.3) is 10.4 Å². The summed E-state index contributed by atoms with van der Waals surface area (Å²) in [7, 11) is 0. The first-order chi connectivity index (χ1) is 13.4. The maximum absolute atomic E-state index is 12.3. The molecule has 8 heteroatoms. The lowest BCUT2D eigenvalue weighted by Gasteiger charge is -2.34. The normalized spacial score (nSPS) is 16.4. The first-order valence-electron chi connectivity index (χ1n) is 9.10. The topological polar surface area (TPSA) is 61.2 Å².